The third kappa shape index (κ3) is 3.16. The summed E-state index contributed by atoms with van der Waals surface area (Å²) in [6, 6.07) is 6.71. The highest BCUT2D eigenvalue weighted by Gasteiger charge is 2.44. The smallest absolute Gasteiger partial charge is 0.366 e. The molecule has 1 aliphatic carbocycles. The molecule has 1 aliphatic heterocycles. The van der Waals surface area contributed by atoms with Crippen molar-refractivity contribution in [2.24, 2.45) is 5.41 Å². The maximum absolute atomic E-state index is 12.9. The number of piperidine rings is 1. The summed E-state index contributed by atoms with van der Waals surface area (Å²) in [6.07, 6.45) is 1.98. The molecule has 3 aromatic rings. The lowest BCUT2D eigenvalue weighted by molar-refractivity contribution is -0.134. The minimum Gasteiger partial charge on any atom is -0.366 e. The molecule has 2 fully saturated rings. The molecule has 1 saturated carbocycles. The van der Waals surface area contributed by atoms with Crippen LogP contribution in [-0.4, -0.2) is 33.7 Å². The number of nitrogens with one attached hydrogen (secondary N) is 2. The van der Waals surface area contributed by atoms with Gasteiger partial charge in [-0.2, -0.15) is 13.2 Å². The standard InChI is InChI=1S/C19H20F3N5S/c20-19(21,22)15-2-1-14(28-15)13-11-24-17-4-3-16(26-27(13)17)25-12-9-18(10-12)5-7-23-8-6-18/h1-4,11-12,23H,5-10H2,(H,25,26). The molecule has 1 spiro atoms. The fourth-order valence-corrected chi connectivity index (χ4v) is 5.28. The molecule has 4 heterocycles. The van der Waals surface area contributed by atoms with Crippen LogP contribution in [0.25, 0.3) is 16.2 Å². The molecule has 2 N–H and O–H groups in total. The maximum Gasteiger partial charge on any atom is 0.425 e. The Balaban J connectivity index is 1.36. The van der Waals surface area contributed by atoms with Crippen LogP contribution in [0, 0.1) is 5.41 Å². The van der Waals surface area contributed by atoms with E-state index in [4.69, 9.17) is 0 Å². The Kier molecular flexibility index (Phi) is 4.13. The van der Waals surface area contributed by atoms with Gasteiger partial charge in [0.25, 0.3) is 0 Å². The van der Waals surface area contributed by atoms with Crippen molar-refractivity contribution < 1.29 is 13.2 Å². The number of halogens is 3. The zero-order valence-electron chi connectivity index (χ0n) is 15.1. The number of nitrogens with zero attached hydrogens (tertiary/aromatic N) is 3. The molecule has 0 radical (unpaired) electrons. The molecule has 0 atom stereocenters. The van der Waals surface area contributed by atoms with Crippen molar-refractivity contribution in [3.05, 3.63) is 35.3 Å². The highest BCUT2D eigenvalue weighted by Crippen LogP contribution is 2.48. The average molecular weight is 407 g/mol. The number of alkyl halides is 3. The molecule has 28 heavy (non-hydrogen) atoms. The summed E-state index contributed by atoms with van der Waals surface area (Å²) in [5, 5.41) is 11.5. The fraction of sp³-hybridized carbons (Fsp3) is 0.474. The molecular weight excluding hydrogens is 387 g/mol. The van der Waals surface area contributed by atoms with Crippen molar-refractivity contribution in [3.63, 3.8) is 0 Å². The van der Waals surface area contributed by atoms with E-state index in [-0.39, 0.29) is 0 Å². The van der Waals surface area contributed by atoms with Gasteiger partial charge in [-0.3, -0.25) is 0 Å². The Labute approximate surface area is 164 Å². The first-order valence-corrected chi connectivity index (χ1v) is 10.2. The third-order valence-corrected chi connectivity index (χ3v) is 7.03. The number of fused-ring (bicyclic) bond motifs is 1. The van der Waals surface area contributed by atoms with Crippen LogP contribution in [0.5, 0.6) is 0 Å². The Morgan fingerprint density at radius 1 is 1.14 bits per heavy atom. The summed E-state index contributed by atoms with van der Waals surface area (Å²) >= 11 is 0.710. The minimum absolute atomic E-state index is 0.397. The van der Waals surface area contributed by atoms with E-state index in [9.17, 15) is 13.2 Å². The molecule has 2 aliphatic rings. The maximum atomic E-state index is 12.9. The third-order valence-electron chi connectivity index (χ3n) is 5.88. The predicted molar refractivity (Wildman–Crippen MR) is 102 cm³/mol. The molecule has 3 aromatic heterocycles. The van der Waals surface area contributed by atoms with Crippen LogP contribution in [0.3, 0.4) is 0 Å². The van der Waals surface area contributed by atoms with Gasteiger partial charge in [0, 0.05) is 6.04 Å². The van der Waals surface area contributed by atoms with Crippen molar-refractivity contribution in [1.82, 2.24) is 19.9 Å². The number of aromatic nitrogens is 3. The molecular formula is C19H20F3N5S. The Hall–Kier alpha value is -2.13. The Morgan fingerprint density at radius 2 is 1.93 bits per heavy atom. The number of rotatable bonds is 3. The van der Waals surface area contributed by atoms with Crippen LogP contribution >= 0.6 is 11.3 Å². The second kappa shape index (κ2) is 6.45. The van der Waals surface area contributed by atoms with E-state index < -0.39 is 11.1 Å². The Bertz CT molecular complexity index is 995. The predicted octanol–water partition coefficient (Wildman–Crippen LogP) is 4.42. The molecule has 0 aromatic carbocycles. The summed E-state index contributed by atoms with van der Waals surface area (Å²) < 4.78 is 40.4. The van der Waals surface area contributed by atoms with Gasteiger partial charge >= 0.3 is 6.18 Å². The van der Waals surface area contributed by atoms with Crippen molar-refractivity contribution in [1.29, 1.82) is 0 Å². The van der Waals surface area contributed by atoms with Crippen molar-refractivity contribution in [2.45, 2.75) is 37.9 Å². The molecule has 0 amide bonds. The van der Waals surface area contributed by atoms with E-state index in [0.29, 0.717) is 39.0 Å². The number of anilines is 1. The molecule has 9 heteroatoms. The average Bonchev–Trinajstić information content (AvgIpc) is 3.27. The summed E-state index contributed by atoms with van der Waals surface area (Å²) in [6.45, 7) is 2.19. The van der Waals surface area contributed by atoms with Crippen LogP contribution in [-0.2, 0) is 6.18 Å². The summed E-state index contributed by atoms with van der Waals surface area (Å²) in [4.78, 5) is 4.16. The SMILES string of the molecule is FC(F)(F)c1ccc(-c2cnc3ccc(NC4CC5(CCNCC5)C4)nn23)s1. The second-order valence-corrected chi connectivity index (χ2v) is 8.88. The number of imidazole rings is 1. The normalized spacial score (nSPS) is 19.8. The molecule has 0 bridgehead atoms. The minimum atomic E-state index is -4.33. The number of hydrogen-bond donors (Lipinski definition) is 2. The van der Waals surface area contributed by atoms with E-state index in [1.54, 1.807) is 10.7 Å². The lowest BCUT2D eigenvalue weighted by Gasteiger charge is -2.50. The van der Waals surface area contributed by atoms with Crippen LogP contribution in [0.2, 0.25) is 0 Å². The molecule has 5 nitrogen and oxygen atoms in total. The molecule has 5 rings (SSSR count). The van der Waals surface area contributed by atoms with Crippen LogP contribution in [0.15, 0.2) is 30.5 Å². The lowest BCUT2D eigenvalue weighted by Crippen LogP contribution is -2.50. The van der Waals surface area contributed by atoms with E-state index in [1.807, 2.05) is 12.1 Å². The fourth-order valence-electron chi connectivity index (χ4n) is 4.41. The van der Waals surface area contributed by atoms with Gasteiger partial charge in [-0.25, -0.2) is 9.50 Å². The van der Waals surface area contributed by atoms with Crippen molar-refractivity contribution >= 4 is 22.8 Å². The summed E-state index contributed by atoms with van der Waals surface area (Å²) in [5.41, 5.74) is 1.66. The lowest BCUT2D eigenvalue weighted by atomic mass is 9.60. The van der Waals surface area contributed by atoms with Gasteiger partial charge in [0.15, 0.2) is 5.65 Å². The van der Waals surface area contributed by atoms with Gasteiger partial charge < -0.3 is 10.6 Å². The van der Waals surface area contributed by atoms with Crippen molar-refractivity contribution in [2.75, 3.05) is 18.4 Å². The quantitative estimate of drug-likeness (QED) is 0.675. The van der Waals surface area contributed by atoms with E-state index >= 15 is 0 Å². The van der Waals surface area contributed by atoms with Crippen LogP contribution in [0.1, 0.15) is 30.6 Å². The topological polar surface area (TPSA) is 54.2 Å². The highest BCUT2D eigenvalue weighted by atomic mass is 32.1. The van der Waals surface area contributed by atoms with Gasteiger partial charge in [-0.15, -0.1) is 16.4 Å². The van der Waals surface area contributed by atoms with E-state index in [1.165, 1.54) is 18.9 Å². The largest absolute Gasteiger partial charge is 0.425 e. The van der Waals surface area contributed by atoms with Crippen LogP contribution < -0.4 is 10.6 Å². The van der Waals surface area contributed by atoms with Gasteiger partial charge in [0.1, 0.15) is 16.4 Å². The molecule has 0 unspecified atom stereocenters. The first-order valence-electron chi connectivity index (χ1n) is 9.41. The monoisotopic (exact) mass is 407 g/mol. The molecule has 1 saturated heterocycles. The zero-order valence-corrected chi connectivity index (χ0v) is 15.9. The van der Waals surface area contributed by atoms with Gasteiger partial charge in [0.2, 0.25) is 0 Å². The Morgan fingerprint density at radius 3 is 2.64 bits per heavy atom. The van der Waals surface area contributed by atoms with Crippen molar-refractivity contribution in [3.8, 4) is 10.6 Å². The van der Waals surface area contributed by atoms with Crippen LogP contribution in [0.4, 0.5) is 19.0 Å². The summed E-state index contributed by atoms with van der Waals surface area (Å²) in [5.74, 6) is 0.730. The van der Waals surface area contributed by atoms with E-state index in [2.05, 4.69) is 20.7 Å². The first-order chi connectivity index (χ1) is 13.4. The molecule has 148 valence electrons. The number of hydrogen-bond acceptors (Lipinski definition) is 5. The van der Waals surface area contributed by atoms with E-state index in [0.717, 1.165) is 37.8 Å². The second-order valence-electron chi connectivity index (χ2n) is 7.79. The van der Waals surface area contributed by atoms with Gasteiger partial charge in [-0.05, 0) is 68.5 Å². The summed E-state index contributed by atoms with van der Waals surface area (Å²) in [7, 11) is 0. The highest BCUT2D eigenvalue weighted by molar-refractivity contribution is 7.15. The first kappa shape index (κ1) is 17.9. The number of thiophene rings is 1. The zero-order chi connectivity index (χ0) is 19.4. The van der Waals surface area contributed by atoms with Gasteiger partial charge in [-0.1, -0.05) is 0 Å². The van der Waals surface area contributed by atoms with Gasteiger partial charge in [0.05, 0.1) is 11.1 Å².